The zero-order valence-electron chi connectivity index (χ0n) is 12.1. The second-order valence-electron chi connectivity index (χ2n) is 5.66. The van der Waals surface area contributed by atoms with Crippen molar-refractivity contribution < 1.29 is 14.3 Å². The van der Waals surface area contributed by atoms with Gasteiger partial charge in [0.15, 0.2) is 0 Å². The highest BCUT2D eigenvalue weighted by Gasteiger charge is 2.24. The van der Waals surface area contributed by atoms with E-state index in [2.05, 4.69) is 4.90 Å². The minimum atomic E-state index is -0.418. The molecule has 1 aliphatic rings. The molecule has 1 rings (SSSR count). The highest BCUT2D eigenvalue weighted by molar-refractivity contribution is 5.68. The van der Waals surface area contributed by atoms with Crippen LogP contribution < -0.4 is 0 Å². The summed E-state index contributed by atoms with van der Waals surface area (Å²) in [5.41, 5.74) is -0.418. The van der Waals surface area contributed by atoms with Gasteiger partial charge in [0, 0.05) is 33.3 Å². The predicted octanol–water partition coefficient (Wildman–Crippen LogP) is 1.58. The molecule has 0 spiro atoms. The van der Waals surface area contributed by atoms with Crippen LogP contribution in [0.3, 0.4) is 0 Å². The van der Waals surface area contributed by atoms with Crippen molar-refractivity contribution in [1.82, 2.24) is 9.80 Å². The van der Waals surface area contributed by atoms with E-state index in [-0.39, 0.29) is 6.09 Å². The van der Waals surface area contributed by atoms with E-state index in [4.69, 9.17) is 9.47 Å². The summed E-state index contributed by atoms with van der Waals surface area (Å²) in [6.07, 6.45) is 0.791. The first-order valence-electron chi connectivity index (χ1n) is 6.61. The van der Waals surface area contributed by atoms with Crippen molar-refractivity contribution in [2.24, 2.45) is 0 Å². The van der Waals surface area contributed by atoms with Gasteiger partial charge in [0.05, 0.1) is 6.61 Å². The Morgan fingerprint density at radius 3 is 2.50 bits per heavy atom. The normalized spacial score (nSPS) is 18.6. The maximum atomic E-state index is 11.9. The van der Waals surface area contributed by atoms with Gasteiger partial charge in [-0.2, -0.15) is 0 Å². The van der Waals surface area contributed by atoms with Crippen LogP contribution in [-0.2, 0) is 9.47 Å². The SMILES string of the molecule is COCCN1CCCN(C(=O)OC(C)(C)C)CC1. The molecule has 1 fully saturated rings. The first-order chi connectivity index (χ1) is 8.42. The number of nitrogens with zero attached hydrogens (tertiary/aromatic N) is 2. The zero-order valence-corrected chi connectivity index (χ0v) is 12.1. The van der Waals surface area contributed by atoms with E-state index in [1.165, 1.54) is 0 Å². The molecule has 0 atom stereocenters. The van der Waals surface area contributed by atoms with Crippen molar-refractivity contribution in [3.63, 3.8) is 0 Å². The zero-order chi connectivity index (χ0) is 13.6. The average molecular weight is 258 g/mol. The van der Waals surface area contributed by atoms with Gasteiger partial charge in [0.25, 0.3) is 0 Å². The Balaban J connectivity index is 2.39. The first-order valence-corrected chi connectivity index (χ1v) is 6.61. The molecule has 1 aliphatic heterocycles. The monoisotopic (exact) mass is 258 g/mol. The lowest BCUT2D eigenvalue weighted by molar-refractivity contribution is 0.0256. The van der Waals surface area contributed by atoms with E-state index in [0.29, 0.717) is 0 Å². The van der Waals surface area contributed by atoms with E-state index < -0.39 is 5.60 Å². The smallest absolute Gasteiger partial charge is 0.410 e. The summed E-state index contributed by atoms with van der Waals surface area (Å²) >= 11 is 0. The summed E-state index contributed by atoms with van der Waals surface area (Å²) in [5.74, 6) is 0. The fourth-order valence-corrected chi connectivity index (χ4v) is 1.92. The Bertz CT molecular complexity index is 263. The molecular weight excluding hydrogens is 232 g/mol. The van der Waals surface area contributed by atoms with E-state index in [9.17, 15) is 4.79 Å². The molecule has 0 saturated carbocycles. The van der Waals surface area contributed by atoms with Gasteiger partial charge in [-0.05, 0) is 33.7 Å². The number of hydrogen-bond donors (Lipinski definition) is 0. The molecule has 0 bridgehead atoms. The summed E-state index contributed by atoms with van der Waals surface area (Å²) in [6, 6.07) is 0. The highest BCUT2D eigenvalue weighted by Crippen LogP contribution is 2.11. The van der Waals surface area contributed by atoms with Crippen LogP contribution in [0.2, 0.25) is 0 Å². The maximum Gasteiger partial charge on any atom is 0.410 e. The van der Waals surface area contributed by atoms with Gasteiger partial charge in [-0.25, -0.2) is 4.79 Å². The first kappa shape index (κ1) is 15.2. The van der Waals surface area contributed by atoms with Crippen molar-refractivity contribution >= 4 is 6.09 Å². The molecule has 0 aromatic carbocycles. The number of rotatable bonds is 3. The Morgan fingerprint density at radius 2 is 1.89 bits per heavy atom. The van der Waals surface area contributed by atoms with Gasteiger partial charge in [-0.1, -0.05) is 0 Å². The Hall–Kier alpha value is -0.810. The van der Waals surface area contributed by atoms with Gasteiger partial charge in [0.1, 0.15) is 5.60 Å². The summed E-state index contributed by atoms with van der Waals surface area (Å²) < 4.78 is 10.5. The standard InChI is InChI=1S/C13H26N2O3/c1-13(2,3)18-12(16)15-7-5-6-14(8-9-15)10-11-17-4/h5-11H2,1-4H3. The molecule has 0 aromatic rings. The summed E-state index contributed by atoms with van der Waals surface area (Å²) in [7, 11) is 1.71. The highest BCUT2D eigenvalue weighted by atomic mass is 16.6. The number of carbonyl (C=O) groups is 1. The molecular formula is C13H26N2O3. The summed E-state index contributed by atoms with van der Waals surface area (Å²) in [4.78, 5) is 16.1. The van der Waals surface area contributed by atoms with Crippen LogP contribution in [0.1, 0.15) is 27.2 Å². The quantitative estimate of drug-likeness (QED) is 0.770. The van der Waals surface area contributed by atoms with Gasteiger partial charge in [0.2, 0.25) is 0 Å². The third-order valence-electron chi connectivity index (χ3n) is 2.85. The second kappa shape index (κ2) is 6.95. The molecule has 0 N–H and O–H groups in total. The number of ether oxygens (including phenoxy) is 2. The molecule has 1 saturated heterocycles. The van der Waals surface area contributed by atoms with E-state index in [1.807, 2.05) is 20.8 Å². The van der Waals surface area contributed by atoms with Crippen molar-refractivity contribution in [2.75, 3.05) is 46.4 Å². The van der Waals surface area contributed by atoms with Gasteiger partial charge < -0.3 is 14.4 Å². The van der Waals surface area contributed by atoms with E-state index in [0.717, 1.165) is 45.8 Å². The average Bonchev–Trinajstić information content (AvgIpc) is 2.49. The van der Waals surface area contributed by atoms with E-state index in [1.54, 1.807) is 12.0 Å². The van der Waals surface area contributed by atoms with Gasteiger partial charge >= 0.3 is 6.09 Å². The van der Waals surface area contributed by atoms with E-state index >= 15 is 0 Å². The maximum absolute atomic E-state index is 11.9. The van der Waals surface area contributed by atoms with Crippen LogP contribution in [0.25, 0.3) is 0 Å². The van der Waals surface area contributed by atoms with Crippen molar-refractivity contribution in [3.8, 4) is 0 Å². The fourth-order valence-electron chi connectivity index (χ4n) is 1.92. The fraction of sp³-hybridized carbons (Fsp3) is 0.923. The van der Waals surface area contributed by atoms with Crippen molar-refractivity contribution in [2.45, 2.75) is 32.8 Å². The lowest BCUT2D eigenvalue weighted by Gasteiger charge is -2.26. The molecule has 18 heavy (non-hydrogen) atoms. The molecule has 106 valence electrons. The van der Waals surface area contributed by atoms with Crippen LogP contribution in [0.15, 0.2) is 0 Å². The van der Waals surface area contributed by atoms with Crippen LogP contribution in [-0.4, -0.2) is 67.9 Å². The Labute approximate surface area is 110 Å². The molecule has 5 heteroatoms. The molecule has 0 radical (unpaired) electrons. The number of carbonyl (C=O) groups excluding carboxylic acids is 1. The van der Waals surface area contributed by atoms with Crippen molar-refractivity contribution in [3.05, 3.63) is 0 Å². The van der Waals surface area contributed by atoms with Crippen LogP contribution in [0, 0.1) is 0 Å². The number of methoxy groups -OCH3 is 1. The molecule has 0 aliphatic carbocycles. The van der Waals surface area contributed by atoms with Crippen molar-refractivity contribution in [1.29, 1.82) is 0 Å². The van der Waals surface area contributed by atoms with Gasteiger partial charge in [-0.15, -0.1) is 0 Å². The minimum Gasteiger partial charge on any atom is -0.444 e. The van der Waals surface area contributed by atoms with Crippen LogP contribution >= 0.6 is 0 Å². The van der Waals surface area contributed by atoms with Crippen LogP contribution in [0.5, 0.6) is 0 Å². The summed E-state index contributed by atoms with van der Waals surface area (Å²) in [6.45, 7) is 10.8. The topological polar surface area (TPSA) is 42.0 Å². The third-order valence-corrected chi connectivity index (χ3v) is 2.85. The van der Waals surface area contributed by atoms with Gasteiger partial charge in [-0.3, -0.25) is 4.90 Å². The summed E-state index contributed by atoms with van der Waals surface area (Å²) in [5, 5.41) is 0. The Kier molecular flexibility index (Phi) is 5.88. The molecule has 1 amide bonds. The largest absolute Gasteiger partial charge is 0.444 e. The Morgan fingerprint density at radius 1 is 1.17 bits per heavy atom. The number of amides is 1. The molecule has 5 nitrogen and oxygen atoms in total. The molecule has 0 aromatic heterocycles. The third kappa shape index (κ3) is 5.69. The molecule has 0 unspecified atom stereocenters. The minimum absolute atomic E-state index is 0.198. The lowest BCUT2D eigenvalue weighted by atomic mass is 10.2. The van der Waals surface area contributed by atoms with Crippen LogP contribution in [0.4, 0.5) is 4.79 Å². The second-order valence-corrected chi connectivity index (χ2v) is 5.66. The lowest BCUT2D eigenvalue weighted by Crippen LogP contribution is -2.39. The molecule has 1 heterocycles. The predicted molar refractivity (Wildman–Crippen MR) is 70.7 cm³/mol. The number of hydrogen-bond acceptors (Lipinski definition) is 4.